The standard InChI is InChI=1S/C13H24N2O/c1-12(2)11-4-5-13(12,3)9-15(8-11)7-6-14-10-16/h10-11H,4-9H2,1-3H3,(H,14,16)/t11-,13-/m0/s1. The normalized spacial score (nSPS) is 37.3. The largest absolute Gasteiger partial charge is 0.357 e. The third kappa shape index (κ3) is 1.75. The molecule has 3 nitrogen and oxygen atoms in total. The smallest absolute Gasteiger partial charge is 0.207 e. The lowest BCUT2D eigenvalue weighted by Gasteiger charge is -2.50. The summed E-state index contributed by atoms with van der Waals surface area (Å²) in [6.45, 7) is 11.5. The summed E-state index contributed by atoms with van der Waals surface area (Å²) in [5.74, 6) is 0.836. The van der Waals surface area contributed by atoms with Crippen LogP contribution in [0.4, 0.5) is 0 Å². The van der Waals surface area contributed by atoms with Gasteiger partial charge in [0.2, 0.25) is 6.41 Å². The topological polar surface area (TPSA) is 32.3 Å². The molecule has 1 saturated heterocycles. The van der Waals surface area contributed by atoms with E-state index in [1.54, 1.807) is 0 Å². The van der Waals surface area contributed by atoms with Crippen LogP contribution in [-0.2, 0) is 4.79 Å². The van der Waals surface area contributed by atoms with Crippen LogP contribution in [0.3, 0.4) is 0 Å². The van der Waals surface area contributed by atoms with Crippen LogP contribution in [0, 0.1) is 16.7 Å². The van der Waals surface area contributed by atoms with E-state index in [1.807, 2.05) is 0 Å². The fraction of sp³-hybridized carbons (Fsp3) is 0.923. The van der Waals surface area contributed by atoms with Gasteiger partial charge in [-0.3, -0.25) is 4.79 Å². The van der Waals surface area contributed by atoms with Crippen LogP contribution in [0.15, 0.2) is 0 Å². The first-order chi connectivity index (χ1) is 7.49. The molecule has 0 aromatic carbocycles. The number of hydrogen-bond acceptors (Lipinski definition) is 2. The zero-order valence-corrected chi connectivity index (χ0v) is 10.8. The molecule has 2 rings (SSSR count). The van der Waals surface area contributed by atoms with Crippen molar-refractivity contribution in [1.82, 2.24) is 10.2 Å². The first-order valence-corrected chi connectivity index (χ1v) is 6.39. The molecule has 0 unspecified atom stereocenters. The molecule has 0 radical (unpaired) electrons. The van der Waals surface area contributed by atoms with Gasteiger partial charge in [0.15, 0.2) is 0 Å². The van der Waals surface area contributed by atoms with Crippen LogP contribution in [0.2, 0.25) is 0 Å². The molecule has 2 bridgehead atoms. The minimum Gasteiger partial charge on any atom is -0.357 e. The SMILES string of the molecule is CC1(C)[C@H]2CC[C@@]1(C)CN(CCNC=O)C2. The van der Waals surface area contributed by atoms with Gasteiger partial charge in [0.25, 0.3) is 0 Å². The van der Waals surface area contributed by atoms with Crippen molar-refractivity contribution in [2.75, 3.05) is 26.2 Å². The summed E-state index contributed by atoms with van der Waals surface area (Å²) in [7, 11) is 0. The number of fused-ring (bicyclic) bond motifs is 2. The number of amides is 1. The zero-order chi connectivity index (χ0) is 11.8. The van der Waals surface area contributed by atoms with E-state index >= 15 is 0 Å². The van der Waals surface area contributed by atoms with Gasteiger partial charge in [0, 0.05) is 26.2 Å². The number of carbonyl (C=O) groups is 1. The molecular formula is C13H24N2O. The minimum absolute atomic E-state index is 0.469. The van der Waals surface area contributed by atoms with Crippen molar-refractivity contribution in [1.29, 1.82) is 0 Å². The molecule has 1 amide bonds. The van der Waals surface area contributed by atoms with Gasteiger partial charge < -0.3 is 10.2 Å². The number of nitrogens with one attached hydrogen (secondary N) is 1. The Balaban J connectivity index is 1.97. The summed E-state index contributed by atoms with van der Waals surface area (Å²) in [6.07, 6.45) is 3.54. The molecule has 0 aromatic rings. The third-order valence-corrected chi connectivity index (χ3v) is 5.33. The maximum atomic E-state index is 10.2. The number of nitrogens with zero attached hydrogens (tertiary/aromatic N) is 1. The Morgan fingerprint density at radius 1 is 1.44 bits per heavy atom. The average Bonchev–Trinajstić information content (AvgIpc) is 2.40. The molecule has 2 fully saturated rings. The highest BCUT2D eigenvalue weighted by Crippen LogP contribution is 2.58. The van der Waals surface area contributed by atoms with Crippen LogP contribution in [-0.4, -0.2) is 37.5 Å². The zero-order valence-electron chi connectivity index (χ0n) is 10.8. The third-order valence-electron chi connectivity index (χ3n) is 5.33. The molecule has 1 N–H and O–H groups in total. The van der Waals surface area contributed by atoms with Crippen molar-refractivity contribution >= 4 is 6.41 Å². The summed E-state index contributed by atoms with van der Waals surface area (Å²) in [5, 5.41) is 2.76. The van der Waals surface area contributed by atoms with E-state index in [0.717, 1.165) is 25.4 Å². The van der Waals surface area contributed by atoms with Crippen LogP contribution in [0.5, 0.6) is 0 Å². The quantitative estimate of drug-likeness (QED) is 0.579. The number of piperidine rings is 1. The Kier molecular flexibility index (Phi) is 2.99. The maximum Gasteiger partial charge on any atom is 0.207 e. The summed E-state index contributed by atoms with van der Waals surface area (Å²) in [4.78, 5) is 12.8. The van der Waals surface area contributed by atoms with Crippen molar-refractivity contribution < 1.29 is 4.79 Å². The van der Waals surface area contributed by atoms with Crippen molar-refractivity contribution in [3.63, 3.8) is 0 Å². The van der Waals surface area contributed by atoms with E-state index in [-0.39, 0.29) is 0 Å². The molecular weight excluding hydrogens is 200 g/mol. The highest BCUT2D eigenvalue weighted by molar-refractivity contribution is 5.45. The Bertz CT molecular complexity index is 277. The second-order valence-electron chi connectivity index (χ2n) is 6.33. The van der Waals surface area contributed by atoms with Gasteiger partial charge in [-0.15, -0.1) is 0 Å². The van der Waals surface area contributed by atoms with E-state index in [4.69, 9.17) is 0 Å². The van der Waals surface area contributed by atoms with Crippen LogP contribution in [0.1, 0.15) is 33.6 Å². The molecule has 16 heavy (non-hydrogen) atoms. The lowest BCUT2D eigenvalue weighted by molar-refractivity contribution is -0.109. The van der Waals surface area contributed by atoms with E-state index in [0.29, 0.717) is 10.8 Å². The summed E-state index contributed by atoms with van der Waals surface area (Å²) in [6, 6.07) is 0. The summed E-state index contributed by atoms with van der Waals surface area (Å²) < 4.78 is 0. The molecule has 0 aromatic heterocycles. The van der Waals surface area contributed by atoms with Gasteiger partial charge in [-0.25, -0.2) is 0 Å². The number of hydrogen-bond donors (Lipinski definition) is 1. The predicted octanol–water partition coefficient (Wildman–Crippen LogP) is 1.49. The predicted molar refractivity (Wildman–Crippen MR) is 65.1 cm³/mol. The highest BCUT2D eigenvalue weighted by atomic mass is 16.1. The Morgan fingerprint density at radius 2 is 2.19 bits per heavy atom. The van der Waals surface area contributed by atoms with Crippen molar-refractivity contribution in [2.24, 2.45) is 16.7 Å². The van der Waals surface area contributed by atoms with E-state index < -0.39 is 0 Å². The van der Waals surface area contributed by atoms with E-state index in [2.05, 4.69) is 31.0 Å². The van der Waals surface area contributed by atoms with Gasteiger partial charge in [-0.1, -0.05) is 20.8 Å². The first kappa shape index (κ1) is 11.9. The lowest BCUT2D eigenvalue weighted by atomic mass is 9.63. The monoisotopic (exact) mass is 224 g/mol. The van der Waals surface area contributed by atoms with Crippen LogP contribution in [0.25, 0.3) is 0 Å². The van der Waals surface area contributed by atoms with Gasteiger partial charge in [0.05, 0.1) is 0 Å². The van der Waals surface area contributed by atoms with E-state index in [9.17, 15) is 4.79 Å². The van der Waals surface area contributed by atoms with E-state index in [1.165, 1.54) is 25.9 Å². The van der Waals surface area contributed by atoms with Gasteiger partial charge >= 0.3 is 0 Å². The van der Waals surface area contributed by atoms with Gasteiger partial charge in [-0.05, 0) is 29.6 Å². The summed E-state index contributed by atoms with van der Waals surface area (Å²) >= 11 is 0. The van der Waals surface area contributed by atoms with Crippen LogP contribution >= 0.6 is 0 Å². The fourth-order valence-corrected chi connectivity index (χ4v) is 3.59. The first-order valence-electron chi connectivity index (χ1n) is 6.39. The molecule has 2 atom stereocenters. The second kappa shape index (κ2) is 4.02. The Labute approximate surface area is 98.6 Å². The molecule has 92 valence electrons. The Morgan fingerprint density at radius 3 is 2.81 bits per heavy atom. The fourth-order valence-electron chi connectivity index (χ4n) is 3.59. The van der Waals surface area contributed by atoms with Gasteiger partial charge in [-0.2, -0.15) is 0 Å². The maximum absolute atomic E-state index is 10.2. The minimum atomic E-state index is 0.469. The second-order valence-corrected chi connectivity index (χ2v) is 6.33. The number of carbonyl (C=O) groups excluding carboxylic acids is 1. The van der Waals surface area contributed by atoms with Crippen molar-refractivity contribution in [2.45, 2.75) is 33.6 Å². The summed E-state index contributed by atoms with van der Waals surface area (Å²) in [5.41, 5.74) is 0.957. The van der Waals surface area contributed by atoms with Crippen molar-refractivity contribution in [3.8, 4) is 0 Å². The molecule has 1 aliphatic carbocycles. The molecule has 1 aliphatic heterocycles. The average molecular weight is 224 g/mol. The number of likely N-dealkylation sites (tertiary alicyclic amines) is 1. The molecule has 3 heteroatoms. The van der Waals surface area contributed by atoms with Gasteiger partial charge in [0.1, 0.15) is 0 Å². The molecule has 0 spiro atoms. The lowest BCUT2D eigenvalue weighted by Crippen LogP contribution is -2.53. The molecule has 2 aliphatic rings. The highest BCUT2D eigenvalue weighted by Gasteiger charge is 2.55. The van der Waals surface area contributed by atoms with Crippen molar-refractivity contribution in [3.05, 3.63) is 0 Å². The molecule has 1 saturated carbocycles. The number of rotatable bonds is 4. The Hall–Kier alpha value is -0.570. The molecule has 1 heterocycles. The van der Waals surface area contributed by atoms with Crippen LogP contribution < -0.4 is 5.32 Å².